The molecule has 0 bridgehead atoms. The highest BCUT2D eigenvalue weighted by atomic mass is 79.9. The first-order valence-corrected chi connectivity index (χ1v) is 9.36. The number of hydrogen-bond donors (Lipinski definition) is 1. The first-order chi connectivity index (χ1) is 13.0. The SMILES string of the molecule is COc1ccc(OC)c(/C=C/C(=O)NCCCCn2cc(Br)ccc2=O)c1. The number of aryl methyl sites for hydroxylation is 1. The van der Waals surface area contributed by atoms with Crippen LogP contribution in [0.3, 0.4) is 0 Å². The van der Waals surface area contributed by atoms with Crippen molar-refractivity contribution in [2.75, 3.05) is 20.8 Å². The summed E-state index contributed by atoms with van der Waals surface area (Å²) in [6, 6.07) is 8.65. The van der Waals surface area contributed by atoms with Crippen LogP contribution in [0.1, 0.15) is 18.4 Å². The van der Waals surface area contributed by atoms with Gasteiger partial charge in [-0.3, -0.25) is 9.59 Å². The summed E-state index contributed by atoms with van der Waals surface area (Å²) < 4.78 is 13.0. The first-order valence-electron chi connectivity index (χ1n) is 8.57. The van der Waals surface area contributed by atoms with Crippen LogP contribution < -0.4 is 20.3 Å². The van der Waals surface area contributed by atoms with Crippen molar-refractivity contribution < 1.29 is 14.3 Å². The van der Waals surface area contributed by atoms with Crippen LogP contribution in [-0.2, 0) is 11.3 Å². The van der Waals surface area contributed by atoms with Crippen molar-refractivity contribution in [3.63, 3.8) is 0 Å². The van der Waals surface area contributed by atoms with E-state index in [0.717, 1.165) is 22.9 Å². The van der Waals surface area contributed by atoms with E-state index in [2.05, 4.69) is 21.2 Å². The Hall–Kier alpha value is -2.54. The molecular weight excluding hydrogens is 412 g/mol. The number of ether oxygens (including phenoxy) is 2. The number of rotatable bonds is 9. The summed E-state index contributed by atoms with van der Waals surface area (Å²) in [5.41, 5.74) is 0.735. The molecule has 1 amide bonds. The number of unbranched alkanes of at least 4 members (excludes halogenated alkanes) is 1. The number of carbonyl (C=O) groups excluding carboxylic acids is 1. The van der Waals surface area contributed by atoms with Crippen molar-refractivity contribution in [2.24, 2.45) is 0 Å². The molecule has 1 aromatic carbocycles. The average Bonchev–Trinajstić information content (AvgIpc) is 2.68. The predicted octanol–water partition coefficient (Wildman–Crippen LogP) is 3.24. The van der Waals surface area contributed by atoms with E-state index in [0.29, 0.717) is 24.6 Å². The third kappa shape index (κ3) is 6.60. The van der Waals surface area contributed by atoms with E-state index in [1.165, 1.54) is 12.1 Å². The molecule has 7 heteroatoms. The van der Waals surface area contributed by atoms with E-state index in [1.807, 2.05) is 0 Å². The predicted molar refractivity (Wildman–Crippen MR) is 109 cm³/mol. The van der Waals surface area contributed by atoms with E-state index in [1.54, 1.807) is 55.3 Å². The summed E-state index contributed by atoms with van der Waals surface area (Å²) in [4.78, 5) is 23.7. The molecule has 27 heavy (non-hydrogen) atoms. The monoisotopic (exact) mass is 434 g/mol. The summed E-state index contributed by atoms with van der Waals surface area (Å²) in [6.45, 7) is 1.16. The number of amides is 1. The quantitative estimate of drug-likeness (QED) is 0.485. The van der Waals surface area contributed by atoms with Crippen molar-refractivity contribution in [3.05, 3.63) is 63.0 Å². The summed E-state index contributed by atoms with van der Waals surface area (Å²) in [5.74, 6) is 1.18. The third-order valence-electron chi connectivity index (χ3n) is 3.92. The Bertz CT molecular complexity index is 861. The maximum absolute atomic E-state index is 12.0. The molecule has 0 aliphatic heterocycles. The second kappa shape index (κ2) is 10.6. The van der Waals surface area contributed by atoms with Crippen LogP contribution in [0.4, 0.5) is 0 Å². The average molecular weight is 435 g/mol. The molecule has 1 aromatic heterocycles. The number of carbonyl (C=O) groups is 1. The van der Waals surface area contributed by atoms with Crippen molar-refractivity contribution in [3.8, 4) is 11.5 Å². The molecule has 0 unspecified atom stereocenters. The Morgan fingerprint density at radius 2 is 2.00 bits per heavy atom. The highest BCUT2D eigenvalue weighted by Crippen LogP contribution is 2.24. The second-order valence-corrected chi connectivity index (χ2v) is 6.73. The van der Waals surface area contributed by atoms with Gasteiger partial charge in [0.05, 0.1) is 14.2 Å². The topological polar surface area (TPSA) is 69.6 Å². The molecule has 6 nitrogen and oxygen atoms in total. The van der Waals surface area contributed by atoms with E-state index in [4.69, 9.17) is 9.47 Å². The molecule has 2 rings (SSSR count). The van der Waals surface area contributed by atoms with Gasteiger partial charge in [-0.2, -0.15) is 0 Å². The molecule has 0 saturated carbocycles. The molecule has 0 saturated heterocycles. The van der Waals surface area contributed by atoms with Gasteiger partial charge in [0, 0.05) is 41.5 Å². The van der Waals surface area contributed by atoms with Crippen LogP contribution in [0, 0.1) is 0 Å². The zero-order valence-electron chi connectivity index (χ0n) is 15.4. The standard InChI is InChI=1S/C20H23BrN2O4/c1-26-17-7-8-18(27-2)15(13-17)5-9-19(24)22-11-3-4-12-23-14-16(21)6-10-20(23)25/h5-10,13-14H,3-4,11-12H2,1-2H3,(H,22,24)/b9-5+. The molecule has 0 spiro atoms. The first kappa shape index (κ1) is 20.8. The molecular formula is C20H23BrN2O4. The Kier molecular flexibility index (Phi) is 8.13. The Labute approximate surface area is 166 Å². The van der Waals surface area contributed by atoms with Gasteiger partial charge in [-0.05, 0) is 59.1 Å². The van der Waals surface area contributed by atoms with Gasteiger partial charge in [0.15, 0.2) is 0 Å². The van der Waals surface area contributed by atoms with Gasteiger partial charge >= 0.3 is 0 Å². The minimum absolute atomic E-state index is 0.0302. The maximum atomic E-state index is 12.0. The van der Waals surface area contributed by atoms with Gasteiger partial charge in [0.2, 0.25) is 5.91 Å². The lowest BCUT2D eigenvalue weighted by Crippen LogP contribution is -2.23. The molecule has 1 heterocycles. The van der Waals surface area contributed by atoms with Gasteiger partial charge < -0.3 is 19.4 Å². The van der Waals surface area contributed by atoms with E-state index in [-0.39, 0.29) is 11.5 Å². The van der Waals surface area contributed by atoms with Crippen LogP contribution in [0.25, 0.3) is 6.08 Å². The van der Waals surface area contributed by atoms with Crippen molar-refractivity contribution in [1.29, 1.82) is 0 Å². The van der Waals surface area contributed by atoms with E-state index >= 15 is 0 Å². The van der Waals surface area contributed by atoms with Crippen molar-refractivity contribution in [1.82, 2.24) is 9.88 Å². The molecule has 0 fully saturated rings. The smallest absolute Gasteiger partial charge is 0.250 e. The number of nitrogens with zero attached hydrogens (tertiary/aromatic N) is 1. The van der Waals surface area contributed by atoms with Crippen LogP contribution >= 0.6 is 15.9 Å². The van der Waals surface area contributed by atoms with E-state index in [9.17, 15) is 9.59 Å². The van der Waals surface area contributed by atoms with Crippen molar-refractivity contribution >= 4 is 27.9 Å². The van der Waals surface area contributed by atoms with Crippen molar-refractivity contribution in [2.45, 2.75) is 19.4 Å². The number of methoxy groups -OCH3 is 2. The lowest BCUT2D eigenvalue weighted by atomic mass is 10.1. The maximum Gasteiger partial charge on any atom is 0.250 e. The van der Waals surface area contributed by atoms with Gasteiger partial charge in [-0.1, -0.05) is 0 Å². The number of hydrogen-bond acceptors (Lipinski definition) is 4. The van der Waals surface area contributed by atoms with Gasteiger partial charge in [0.1, 0.15) is 11.5 Å². The minimum atomic E-state index is -0.181. The number of aromatic nitrogens is 1. The molecule has 144 valence electrons. The van der Waals surface area contributed by atoms with Gasteiger partial charge in [-0.25, -0.2) is 0 Å². The second-order valence-electron chi connectivity index (χ2n) is 5.82. The number of benzene rings is 1. The molecule has 0 atom stereocenters. The Morgan fingerprint density at radius 3 is 2.74 bits per heavy atom. The minimum Gasteiger partial charge on any atom is -0.497 e. The summed E-state index contributed by atoms with van der Waals surface area (Å²) in [5, 5.41) is 2.84. The highest BCUT2D eigenvalue weighted by Gasteiger charge is 2.03. The van der Waals surface area contributed by atoms with Gasteiger partial charge in [0.25, 0.3) is 5.56 Å². The Morgan fingerprint density at radius 1 is 1.19 bits per heavy atom. The van der Waals surface area contributed by atoms with Crippen LogP contribution in [0.2, 0.25) is 0 Å². The normalized spacial score (nSPS) is 10.8. The molecule has 1 N–H and O–H groups in total. The van der Waals surface area contributed by atoms with Crippen LogP contribution in [0.15, 0.2) is 51.9 Å². The third-order valence-corrected chi connectivity index (χ3v) is 4.39. The fraction of sp³-hybridized carbons (Fsp3) is 0.300. The van der Waals surface area contributed by atoms with Crippen LogP contribution in [0.5, 0.6) is 11.5 Å². The number of nitrogens with one attached hydrogen (secondary N) is 1. The zero-order chi connectivity index (χ0) is 19.6. The zero-order valence-corrected chi connectivity index (χ0v) is 17.0. The lowest BCUT2D eigenvalue weighted by Gasteiger charge is -2.07. The summed E-state index contributed by atoms with van der Waals surface area (Å²) >= 11 is 3.35. The van der Waals surface area contributed by atoms with Crippen LogP contribution in [-0.4, -0.2) is 31.2 Å². The molecule has 0 radical (unpaired) electrons. The fourth-order valence-corrected chi connectivity index (χ4v) is 2.87. The fourth-order valence-electron chi connectivity index (χ4n) is 2.49. The number of halogens is 1. The largest absolute Gasteiger partial charge is 0.497 e. The van der Waals surface area contributed by atoms with E-state index < -0.39 is 0 Å². The summed E-state index contributed by atoms with van der Waals surface area (Å²) in [6.07, 6.45) is 6.50. The summed E-state index contributed by atoms with van der Waals surface area (Å²) in [7, 11) is 3.17. The Balaban J connectivity index is 1.78. The molecule has 0 aliphatic carbocycles. The highest BCUT2D eigenvalue weighted by molar-refractivity contribution is 9.10. The van der Waals surface area contributed by atoms with Gasteiger partial charge in [-0.15, -0.1) is 0 Å². The lowest BCUT2D eigenvalue weighted by molar-refractivity contribution is -0.116. The molecule has 2 aromatic rings. The molecule has 0 aliphatic rings. The number of pyridine rings is 1.